The predicted molar refractivity (Wildman–Crippen MR) is 89.0 cm³/mol. The largest absolute Gasteiger partial charge is 0.301 e. The SMILES string of the molecule is O=C1NC(=NC2CCCC2)SC1=CC=Cc1ccccc1. The van der Waals surface area contributed by atoms with Gasteiger partial charge >= 0.3 is 0 Å². The Labute approximate surface area is 129 Å². The van der Waals surface area contributed by atoms with E-state index in [1.165, 1.54) is 24.6 Å². The summed E-state index contributed by atoms with van der Waals surface area (Å²) in [5.41, 5.74) is 1.12. The highest BCUT2D eigenvalue weighted by Gasteiger charge is 2.24. The maximum atomic E-state index is 11.9. The number of benzene rings is 1. The molecule has 0 unspecified atom stereocenters. The van der Waals surface area contributed by atoms with Crippen molar-refractivity contribution in [3.05, 3.63) is 53.0 Å². The van der Waals surface area contributed by atoms with Crippen LogP contribution in [0.5, 0.6) is 0 Å². The molecule has 0 atom stereocenters. The summed E-state index contributed by atoms with van der Waals surface area (Å²) in [5.74, 6) is -0.0468. The van der Waals surface area contributed by atoms with E-state index < -0.39 is 0 Å². The highest BCUT2D eigenvalue weighted by molar-refractivity contribution is 8.18. The number of amidine groups is 1. The Morgan fingerprint density at radius 1 is 1.19 bits per heavy atom. The van der Waals surface area contributed by atoms with Gasteiger partial charge in [0.1, 0.15) is 0 Å². The number of nitrogens with one attached hydrogen (secondary N) is 1. The molecule has 2 fully saturated rings. The molecular weight excluding hydrogens is 280 g/mol. The Bertz CT molecular complexity index is 598. The monoisotopic (exact) mass is 298 g/mol. The number of allylic oxidation sites excluding steroid dienone is 2. The van der Waals surface area contributed by atoms with Crippen LogP contribution >= 0.6 is 11.8 Å². The molecule has 1 heterocycles. The van der Waals surface area contributed by atoms with Gasteiger partial charge in [0.2, 0.25) is 0 Å². The second-order valence-corrected chi connectivity index (χ2v) is 6.26. The Balaban J connectivity index is 1.64. The van der Waals surface area contributed by atoms with E-state index >= 15 is 0 Å². The van der Waals surface area contributed by atoms with Crippen molar-refractivity contribution in [2.24, 2.45) is 4.99 Å². The van der Waals surface area contributed by atoms with Gasteiger partial charge in [0.05, 0.1) is 10.9 Å². The second kappa shape index (κ2) is 6.76. The van der Waals surface area contributed by atoms with Crippen LogP contribution < -0.4 is 5.32 Å². The molecule has 1 aromatic rings. The van der Waals surface area contributed by atoms with Crippen molar-refractivity contribution in [1.82, 2.24) is 5.32 Å². The molecule has 1 amide bonds. The smallest absolute Gasteiger partial charge is 0.264 e. The highest BCUT2D eigenvalue weighted by atomic mass is 32.2. The van der Waals surface area contributed by atoms with Crippen LogP contribution in [-0.4, -0.2) is 17.1 Å². The van der Waals surface area contributed by atoms with Crippen LogP contribution in [0.25, 0.3) is 6.08 Å². The third kappa shape index (κ3) is 3.85. The van der Waals surface area contributed by atoms with Gasteiger partial charge in [-0.25, -0.2) is 0 Å². The minimum Gasteiger partial charge on any atom is -0.301 e. The molecule has 1 aromatic carbocycles. The summed E-state index contributed by atoms with van der Waals surface area (Å²) in [6.45, 7) is 0. The maximum Gasteiger partial charge on any atom is 0.264 e. The van der Waals surface area contributed by atoms with Crippen LogP contribution in [0.1, 0.15) is 31.2 Å². The number of thioether (sulfide) groups is 1. The van der Waals surface area contributed by atoms with E-state index in [0.29, 0.717) is 10.9 Å². The van der Waals surface area contributed by atoms with Crippen molar-refractivity contribution in [2.45, 2.75) is 31.7 Å². The normalized spacial score (nSPS) is 23.5. The van der Waals surface area contributed by atoms with E-state index in [4.69, 9.17) is 0 Å². The fourth-order valence-electron chi connectivity index (χ4n) is 2.51. The zero-order valence-electron chi connectivity index (χ0n) is 11.8. The standard InChI is InChI=1S/C17H18N2OS/c20-16-15(12-6-9-13-7-2-1-3-8-13)21-17(19-16)18-14-10-4-5-11-14/h1-3,6-9,12,14H,4-5,10-11H2,(H,18,19,20). The minimum absolute atomic E-state index is 0.0468. The van der Waals surface area contributed by atoms with Gasteiger partial charge in [0.15, 0.2) is 5.17 Å². The van der Waals surface area contributed by atoms with Gasteiger partial charge in [0, 0.05) is 0 Å². The van der Waals surface area contributed by atoms with Crippen LogP contribution in [0.4, 0.5) is 0 Å². The average Bonchev–Trinajstić information content (AvgIpc) is 3.11. The minimum atomic E-state index is -0.0468. The van der Waals surface area contributed by atoms with E-state index in [-0.39, 0.29) is 5.91 Å². The summed E-state index contributed by atoms with van der Waals surface area (Å²) in [5, 5.41) is 3.61. The van der Waals surface area contributed by atoms with Gasteiger partial charge in [0.25, 0.3) is 5.91 Å². The number of nitrogens with zero attached hydrogens (tertiary/aromatic N) is 1. The molecule has 0 radical (unpaired) electrons. The highest BCUT2D eigenvalue weighted by Crippen LogP contribution is 2.27. The molecule has 1 N–H and O–H groups in total. The van der Waals surface area contributed by atoms with Crippen LogP contribution in [0, 0.1) is 0 Å². The van der Waals surface area contributed by atoms with Crippen molar-refractivity contribution >= 4 is 28.9 Å². The molecule has 4 heteroatoms. The van der Waals surface area contributed by atoms with Crippen LogP contribution in [0.2, 0.25) is 0 Å². The summed E-state index contributed by atoms with van der Waals surface area (Å²) >= 11 is 1.44. The van der Waals surface area contributed by atoms with Gasteiger partial charge in [-0.3, -0.25) is 9.79 Å². The topological polar surface area (TPSA) is 41.5 Å². The van der Waals surface area contributed by atoms with E-state index in [2.05, 4.69) is 10.3 Å². The zero-order chi connectivity index (χ0) is 14.5. The third-order valence-electron chi connectivity index (χ3n) is 3.61. The summed E-state index contributed by atoms with van der Waals surface area (Å²) in [4.78, 5) is 17.2. The number of rotatable bonds is 3. The number of carbonyl (C=O) groups excluding carboxylic acids is 1. The maximum absolute atomic E-state index is 11.9. The lowest BCUT2D eigenvalue weighted by atomic mass is 10.2. The van der Waals surface area contributed by atoms with Crippen LogP contribution in [0.15, 0.2) is 52.4 Å². The molecule has 1 aliphatic heterocycles. The number of carbonyl (C=O) groups is 1. The predicted octanol–water partition coefficient (Wildman–Crippen LogP) is 3.75. The van der Waals surface area contributed by atoms with Crippen molar-refractivity contribution in [3.8, 4) is 0 Å². The van der Waals surface area contributed by atoms with E-state index in [9.17, 15) is 4.79 Å². The van der Waals surface area contributed by atoms with Crippen molar-refractivity contribution in [3.63, 3.8) is 0 Å². The first kappa shape index (κ1) is 14.1. The lowest BCUT2D eigenvalue weighted by molar-refractivity contribution is -0.115. The third-order valence-corrected chi connectivity index (χ3v) is 4.55. The molecule has 0 spiro atoms. The first-order valence-corrected chi connectivity index (χ1v) is 8.13. The molecule has 0 bridgehead atoms. The van der Waals surface area contributed by atoms with Gasteiger partial charge in [-0.2, -0.15) is 0 Å². The average molecular weight is 298 g/mol. The van der Waals surface area contributed by atoms with Gasteiger partial charge in [-0.05, 0) is 36.2 Å². The fourth-order valence-corrected chi connectivity index (χ4v) is 3.36. The lowest BCUT2D eigenvalue weighted by Crippen LogP contribution is -2.21. The lowest BCUT2D eigenvalue weighted by Gasteiger charge is -2.02. The number of hydrogen-bond donors (Lipinski definition) is 1. The van der Waals surface area contributed by atoms with E-state index in [0.717, 1.165) is 23.6 Å². The van der Waals surface area contributed by atoms with Crippen molar-refractivity contribution in [1.29, 1.82) is 0 Å². The number of aliphatic imine (C=N–C) groups is 1. The first-order chi connectivity index (χ1) is 10.3. The number of hydrogen-bond acceptors (Lipinski definition) is 3. The Morgan fingerprint density at radius 3 is 2.71 bits per heavy atom. The molecule has 3 nitrogen and oxygen atoms in total. The summed E-state index contributed by atoms with van der Waals surface area (Å²) in [7, 11) is 0. The van der Waals surface area contributed by atoms with Gasteiger partial charge < -0.3 is 5.32 Å². The van der Waals surface area contributed by atoms with Gasteiger partial charge in [-0.15, -0.1) is 0 Å². The second-order valence-electron chi connectivity index (χ2n) is 5.23. The summed E-state index contributed by atoms with van der Waals surface area (Å²) < 4.78 is 0. The molecule has 0 aromatic heterocycles. The summed E-state index contributed by atoms with van der Waals surface area (Å²) in [6, 6.07) is 10.4. The van der Waals surface area contributed by atoms with Crippen molar-refractivity contribution in [2.75, 3.05) is 0 Å². The Morgan fingerprint density at radius 2 is 1.95 bits per heavy atom. The van der Waals surface area contributed by atoms with E-state index in [1.54, 1.807) is 0 Å². The molecule has 1 saturated heterocycles. The quantitative estimate of drug-likeness (QED) is 0.864. The van der Waals surface area contributed by atoms with Crippen LogP contribution in [-0.2, 0) is 4.79 Å². The van der Waals surface area contributed by atoms with Gasteiger partial charge in [-0.1, -0.05) is 55.3 Å². The number of amides is 1. The summed E-state index contributed by atoms with van der Waals surface area (Å²) in [6.07, 6.45) is 10.6. The van der Waals surface area contributed by atoms with E-state index in [1.807, 2.05) is 48.6 Å². The van der Waals surface area contributed by atoms with Crippen LogP contribution in [0.3, 0.4) is 0 Å². The molecule has 2 aliphatic rings. The molecule has 21 heavy (non-hydrogen) atoms. The Hall–Kier alpha value is -1.81. The first-order valence-electron chi connectivity index (χ1n) is 7.32. The van der Waals surface area contributed by atoms with Crippen molar-refractivity contribution < 1.29 is 4.79 Å². The molecule has 1 aliphatic carbocycles. The Kier molecular flexibility index (Phi) is 4.55. The fraction of sp³-hybridized carbons (Fsp3) is 0.294. The molecule has 108 valence electrons. The molecule has 1 saturated carbocycles. The molecular formula is C17H18N2OS. The molecule has 3 rings (SSSR count). The zero-order valence-corrected chi connectivity index (χ0v) is 12.6.